The number of hydrogen-bond acceptors (Lipinski definition) is 6. The van der Waals surface area contributed by atoms with Crippen LogP contribution < -0.4 is 19.5 Å². The number of rotatable bonds is 9. The number of carbonyl (C=O) groups excluding carboxylic acids is 1. The highest BCUT2D eigenvalue weighted by molar-refractivity contribution is 6.09. The largest absolute Gasteiger partial charge is 0.494 e. The zero-order valence-corrected chi connectivity index (χ0v) is 18.9. The van der Waals surface area contributed by atoms with Gasteiger partial charge in [-0.15, -0.1) is 0 Å². The summed E-state index contributed by atoms with van der Waals surface area (Å²) in [5.41, 5.74) is 2.38. The van der Waals surface area contributed by atoms with E-state index in [4.69, 9.17) is 14.2 Å². The van der Waals surface area contributed by atoms with Crippen LogP contribution in [0.4, 0.5) is 5.69 Å². The van der Waals surface area contributed by atoms with Crippen LogP contribution in [-0.4, -0.2) is 19.6 Å². The fourth-order valence-electron chi connectivity index (χ4n) is 3.12. The Bertz CT molecular complexity index is 1270. The van der Waals surface area contributed by atoms with Gasteiger partial charge in [-0.1, -0.05) is 24.3 Å². The van der Waals surface area contributed by atoms with Gasteiger partial charge in [0.2, 0.25) is 0 Å². The quantitative estimate of drug-likeness (QED) is 0.357. The molecule has 0 bridgehead atoms. The van der Waals surface area contributed by atoms with Crippen molar-refractivity contribution in [3.8, 4) is 29.4 Å². The Morgan fingerprint density at radius 1 is 1.00 bits per heavy atom. The Morgan fingerprint density at radius 2 is 1.76 bits per heavy atom. The van der Waals surface area contributed by atoms with Crippen molar-refractivity contribution in [1.82, 2.24) is 0 Å². The molecule has 0 radical (unpaired) electrons. The van der Waals surface area contributed by atoms with Crippen LogP contribution in [-0.2, 0) is 11.4 Å². The first kappa shape index (κ1) is 23.9. The number of methoxy groups -OCH3 is 1. The number of nitriles is 2. The molecular formula is C27H23N3O4. The summed E-state index contributed by atoms with van der Waals surface area (Å²) < 4.78 is 16.6. The molecule has 0 saturated carbocycles. The molecule has 0 saturated heterocycles. The predicted octanol–water partition coefficient (Wildman–Crippen LogP) is 5.09. The molecular weight excluding hydrogens is 430 g/mol. The highest BCUT2D eigenvalue weighted by Crippen LogP contribution is 2.30. The molecule has 0 aliphatic rings. The van der Waals surface area contributed by atoms with Gasteiger partial charge in [0.15, 0.2) is 11.5 Å². The van der Waals surface area contributed by atoms with E-state index in [0.717, 1.165) is 5.56 Å². The van der Waals surface area contributed by atoms with Gasteiger partial charge in [-0.2, -0.15) is 10.5 Å². The van der Waals surface area contributed by atoms with E-state index in [1.807, 2.05) is 25.1 Å². The number of hydrogen-bond donors (Lipinski definition) is 1. The number of ether oxygens (including phenoxy) is 3. The molecule has 3 aromatic carbocycles. The first-order valence-electron chi connectivity index (χ1n) is 10.5. The molecule has 170 valence electrons. The molecule has 1 N–H and O–H groups in total. The molecule has 0 unspecified atom stereocenters. The zero-order chi connectivity index (χ0) is 24.3. The van der Waals surface area contributed by atoms with Crippen LogP contribution in [0.5, 0.6) is 17.2 Å². The lowest BCUT2D eigenvalue weighted by atomic mass is 10.1. The lowest BCUT2D eigenvalue weighted by molar-refractivity contribution is -0.112. The summed E-state index contributed by atoms with van der Waals surface area (Å²) in [7, 11) is 1.50. The average molecular weight is 453 g/mol. The van der Waals surface area contributed by atoms with E-state index in [1.165, 1.54) is 13.2 Å². The van der Waals surface area contributed by atoms with Gasteiger partial charge >= 0.3 is 0 Å². The van der Waals surface area contributed by atoms with E-state index >= 15 is 0 Å². The third-order valence-electron chi connectivity index (χ3n) is 4.81. The van der Waals surface area contributed by atoms with Gasteiger partial charge in [-0.05, 0) is 61.0 Å². The lowest BCUT2D eigenvalue weighted by Crippen LogP contribution is -2.13. The number of carbonyl (C=O) groups is 1. The molecule has 0 aliphatic carbocycles. The van der Waals surface area contributed by atoms with Gasteiger partial charge in [0, 0.05) is 11.3 Å². The van der Waals surface area contributed by atoms with E-state index in [0.29, 0.717) is 40.7 Å². The van der Waals surface area contributed by atoms with Gasteiger partial charge in [0.25, 0.3) is 5.91 Å². The summed E-state index contributed by atoms with van der Waals surface area (Å²) in [4.78, 5) is 12.6. The van der Waals surface area contributed by atoms with E-state index < -0.39 is 5.91 Å². The van der Waals surface area contributed by atoms with Crippen molar-refractivity contribution in [3.63, 3.8) is 0 Å². The summed E-state index contributed by atoms with van der Waals surface area (Å²) in [6, 6.07) is 23.2. The van der Waals surface area contributed by atoms with Crippen molar-refractivity contribution < 1.29 is 19.0 Å². The van der Waals surface area contributed by atoms with Gasteiger partial charge in [-0.3, -0.25) is 4.79 Å². The van der Waals surface area contributed by atoms with Crippen LogP contribution in [0, 0.1) is 22.7 Å². The first-order valence-corrected chi connectivity index (χ1v) is 10.5. The number of nitrogens with zero attached hydrogens (tertiary/aromatic N) is 2. The van der Waals surface area contributed by atoms with Crippen LogP contribution in [0.2, 0.25) is 0 Å². The topological polar surface area (TPSA) is 104 Å². The van der Waals surface area contributed by atoms with E-state index in [2.05, 4.69) is 11.4 Å². The second-order valence-corrected chi connectivity index (χ2v) is 7.05. The van der Waals surface area contributed by atoms with Crippen LogP contribution in [0.25, 0.3) is 6.08 Å². The fourth-order valence-corrected chi connectivity index (χ4v) is 3.12. The maximum Gasteiger partial charge on any atom is 0.266 e. The van der Waals surface area contributed by atoms with Gasteiger partial charge in [-0.25, -0.2) is 0 Å². The molecule has 0 fully saturated rings. The highest BCUT2D eigenvalue weighted by Gasteiger charge is 2.12. The monoisotopic (exact) mass is 453 g/mol. The van der Waals surface area contributed by atoms with Gasteiger partial charge < -0.3 is 19.5 Å². The van der Waals surface area contributed by atoms with Crippen molar-refractivity contribution in [3.05, 3.63) is 89.0 Å². The minimum absolute atomic E-state index is 0.0625. The summed E-state index contributed by atoms with van der Waals surface area (Å²) in [5.74, 6) is 1.08. The minimum atomic E-state index is -0.529. The number of anilines is 1. The van der Waals surface area contributed by atoms with Gasteiger partial charge in [0.1, 0.15) is 24.0 Å². The first-order chi connectivity index (χ1) is 16.6. The second-order valence-electron chi connectivity index (χ2n) is 7.05. The Hall–Kier alpha value is -4.75. The van der Waals surface area contributed by atoms with Crippen LogP contribution in [0.3, 0.4) is 0 Å². The molecule has 1 amide bonds. The molecule has 0 aromatic heterocycles. The van der Waals surface area contributed by atoms with Crippen molar-refractivity contribution in [2.45, 2.75) is 13.5 Å². The maximum atomic E-state index is 12.6. The molecule has 7 nitrogen and oxygen atoms in total. The fraction of sp³-hybridized carbons (Fsp3) is 0.148. The van der Waals surface area contributed by atoms with E-state index in [1.54, 1.807) is 54.6 Å². The molecule has 0 spiro atoms. The Labute approximate surface area is 198 Å². The van der Waals surface area contributed by atoms with Crippen molar-refractivity contribution in [1.29, 1.82) is 10.5 Å². The lowest BCUT2D eigenvalue weighted by Gasteiger charge is -2.12. The standard InChI is InChI=1S/C27H23N3O4/c1-3-33-24-11-9-23(10-12-24)30-27(31)22(17-29)14-19-8-13-25(26(15-19)32-2)34-18-21-7-5-4-6-20(21)16-28/h4-15H,3,18H2,1-2H3,(H,30,31)/b22-14-. The Balaban J connectivity index is 1.73. The maximum absolute atomic E-state index is 12.6. The summed E-state index contributed by atoms with van der Waals surface area (Å²) >= 11 is 0. The minimum Gasteiger partial charge on any atom is -0.494 e. The predicted molar refractivity (Wildman–Crippen MR) is 128 cm³/mol. The summed E-state index contributed by atoms with van der Waals surface area (Å²) in [5, 5.41) is 21.4. The normalized spacial score (nSPS) is 10.5. The van der Waals surface area contributed by atoms with Crippen molar-refractivity contribution in [2.75, 3.05) is 19.0 Å². The van der Waals surface area contributed by atoms with Gasteiger partial charge in [0.05, 0.1) is 25.3 Å². The molecule has 0 atom stereocenters. The SMILES string of the molecule is CCOc1ccc(NC(=O)/C(C#N)=C\c2ccc(OCc3ccccc3C#N)c(OC)c2)cc1. The Morgan fingerprint density at radius 3 is 2.44 bits per heavy atom. The summed E-state index contributed by atoms with van der Waals surface area (Å²) in [6.45, 7) is 2.64. The Kier molecular flexibility index (Phi) is 8.26. The van der Waals surface area contributed by atoms with Crippen LogP contribution >= 0.6 is 0 Å². The van der Waals surface area contributed by atoms with E-state index in [-0.39, 0.29) is 12.2 Å². The molecule has 3 aromatic rings. The highest BCUT2D eigenvalue weighted by atomic mass is 16.5. The van der Waals surface area contributed by atoms with Crippen LogP contribution in [0.15, 0.2) is 72.3 Å². The summed E-state index contributed by atoms with van der Waals surface area (Å²) in [6.07, 6.45) is 1.47. The average Bonchev–Trinajstić information content (AvgIpc) is 2.87. The third-order valence-corrected chi connectivity index (χ3v) is 4.81. The number of amides is 1. The molecule has 34 heavy (non-hydrogen) atoms. The number of benzene rings is 3. The molecule has 0 heterocycles. The zero-order valence-electron chi connectivity index (χ0n) is 18.9. The van der Waals surface area contributed by atoms with Crippen LogP contribution in [0.1, 0.15) is 23.6 Å². The number of nitrogens with one attached hydrogen (secondary N) is 1. The second kappa shape index (κ2) is 11.8. The third kappa shape index (κ3) is 6.15. The molecule has 0 aliphatic heterocycles. The van der Waals surface area contributed by atoms with Crippen molar-refractivity contribution >= 4 is 17.7 Å². The molecule has 3 rings (SSSR count). The van der Waals surface area contributed by atoms with E-state index in [9.17, 15) is 15.3 Å². The van der Waals surface area contributed by atoms with Crippen molar-refractivity contribution in [2.24, 2.45) is 0 Å². The smallest absolute Gasteiger partial charge is 0.266 e. The molecule has 7 heteroatoms.